The maximum absolute atomic E-state index is 5.90. The number of nitrogens with zero attached hydrogens (tertiary/aromatic N) is 4. The van der Waals surface area contributed by atoms with Crippen LogP contribution in [0.1, 0.15) is 19.8 Å². The number of rotatable bonds is 3. The molecule has 5 nitrogen and oxygen atoms in total. The van der Waals surface area contributed by atoms with Gasteiger partial charge in [0, 0.05) is 6.54 Å². The fourth-order valence-corrected chi connectivity index (χ4v) is 1.64. The Morgan fingerprint density at radius 1 is 1.47 bits per heavy atom. The van der Waals surface area contributed by atoms with Crippen LogP contribution in [0.3, 0.4) is 0 Å². The Morgan fingerprint density at radius 2 is 2.27 bits per heavy atom. The van der Waals surface area contributed by atoms with Gasteiger partial charge in [0.05, 0.1) is 6.33 Å². The smallest absolute Gasteiger partial charge is 0.223 e. The summed E-state index contributed by atoms with van der Waals surface area (Å²) in [6.07, 6.45) is 3.92. The van der Waals surface area contributed by atoms with Crippen molar-refractivity contribution in [1.82, 2.24) is 19.5 Å². The topological polar surface area (TPSA) is 69.6 Å². The van der Waals surface area contributed by atoms with Gasteiger partial charge in [-0.2, -0.15) is 9.97 Å². The summed E-state index contributed by atoms with van der Waals surface area (Å²) in [5.74, 6) is 0.186. The number of hydrogen-bond acceptors (Lipinski definition) is 4. The molecule has 2 aromatic heterocycles. The first kappa shape index (κ1) is 10.2. The highest BCUT2D eigenvalue weighted by molar-refractivity contribution is 6.33. The molecule has 0 aliphatic heterocycles. The van der Waals surface area contributed by atoms with E-state index in [0.29, 0.717) is 16.3 Å². The molecule has 0 unspecified atom stereocenters. The summed E-state index contributed by atoms with van der Waals surface area (Å²) in [5.41, 5.74) is 6.86. The number of anilines is 1. The molecule has 0 aromatic carbocycles. The first-order valence-electron chi connectivity index (χ1n) is 4.86. The van der Waals surface area contributed by atoms with Crippen LogP contribution >= 0.6 is 11.6 Å². The molecule has 2 rings (SSSR count). The minimum Gasteiger partial charge on any atom is -0.368 e. The van der Waals surface area contributed by atoms with E-state index in [1.165, 1.54) is 0 Å². The van der Waals surface area contributed by atoms with Gasteiger partial charge in [-0.05, 0) is 6.42 Å². The molecular formula is C9H12ClN5. The van der Waals surface area contributed by atoms with Crippen molar-refractivity contribution in [2.45, 2.75) is 26.3 Å². The number of hydrogen-bond donors (Lipinski definition) is 1. The van der Waals surface area contributed by atoms with Crippen LogP contribution < -0.4 is 5.73 Å². The Morgan fingerprint density at radius 3 is 3.00 bits per heavy atom. The Bertz CT molecular complexity index is 479. The average Bonchev–Trinajstić information content (AvgIpc) is 2.58. The zero-order chi connectivity index (χ0) is 10.8. The molecule has 2 N–H and O–H groups in total. The zero-order valence-corrected chi connectivity index (χ0v) is 9.20. The first-order chi connectivity index (χ1) is 7.22. The second-order valence-electron chi connectivity index (χ2n) is 3.34. The maximum atomic E-state index is 5.90. The normalized spacial score (nSPS) is 11.1. The third-order valence-electron chi connectivity index (χ3n) is 2.19. The lowest BCUT2D eigenvalue weighted by Crippen LogP contribution is -2.01. The van der Waals surface area contributed by atoms with Crippen molar-refractivity contribution in [3.63, 3.8) is 0 Å². The van der Waals surface area contributed by atoms with E-state index in [0.717, 1.165) is 19.4 Å². The van der Waals surface area contributed by atoms with Gasteiger partial charge in [0.15, 0.2) is 10.8 Å². The van der Waals surface area contributed by atoms with E-state index in [1.807, 2.05) is 4.57 Å². The van der Waals surface area contributed by atoms with Crippen LogP contribution in [-0.4, -0.2) is 19.5 Å². The van der Waals surface area contributed by atoms with Crippen molar-refractivity contribution in [2.24, 2.45) is 0 Å². The summed E-state index contributed by atoms with van der Waals surface area (Å²) in [6.45, 7) is 3.01. The van der Waals surface area contributed by atoms with Crippen molar-refractivity contribution in [1.29, 1.82) is 0 Å². The van der Waals surface area contributed by atoms with Gasteiger partial charge in [0.2, 0.25) is 5.95 Å². The number of nitrogens with two attached hydrogens (primary N) is 1. The highest BCUT2D eigenvalue weighted by Gasteiger charge is 2.09. The van der Waals surface area contributed by atoms with E-state index >= 15 is 0 Å². The van der Waals surface area contributed by atoms with E-state index in [9.17, 15) is 0 Å². The number of fused-ring (bicyclic) bond motifs is 1. The molecule has 15 heavy (non-hydrogen) atoms. The molecule has 0 amide bonds. The number of halogens is 1. The fourth-order valence-electron chi connectivity index (χ4n) is 1.42. The molecule has 6 heteroatoms. The van der Waals surface area contributed by atoms with Gasteiger partial charge >= 0.3 is 0 Å². The number of nitrogen functional groups attached to an aromatic ring is 1. The Kier molecular flexibility index (Phi) is 2.73. The van der Waals surface area contributed by atoms with Crippen molar-refractivity contribution in [3.05, 3.63) is 11.5 Å². The SMILES string of the molecule is CCCCn1cnc2c(Cl)nc(N)nc21. The largest absolute Gasteiger partial charge is 0.368 e. The van der Waals surface area contributed by atoms with Gasteiger partial charge in [-0.3, -0.25) is 0 Å². The molecule has 80 valence electrons. The van der Waals surface area contributed by atoms with Crippen LogP contribution in [0.4, 0.5) is 5.95 Å². The van der Waals surface area contributed by atoms with Crippen LogP contribution in [0.25, 0.3) is 11.2 Å². The Labute approximate surface area is 92.3 Å². The number of unbranched alkanes of at least 4 members (excludes halogenated alkanes) is 1. The summed E-state index contributed by atoms with van der Waals surface area (Å²) < 4.78 is 1.95. The molecule has 0 aliphatic rings. The highest BCUT2D eigenvalue weighted by Crippen LogP contribution is 2.19. The predicted molar refractivity (Wildman–Crippen MR) is 59.7 cm³/mol. The van der Waals surface area contributed by atoms with Crippen LogP contribution in [0.2, 0.25) is 5.15 Å². The number of imidazole rings is 1. The second-order valence-corrected chi connectivity index (χ2v) is 3.69. The van der Waals surface area contributed by atoms with Gasteiger partial charge in [-0.25, -0.2) is 4.98 Å². The lowest BCUT2D eigenvalue weighted by molar-refractivity contribution is 0.642. The van der Waals surface area contributed by atoms with Gasteiger partial charge in [-0.1, -0.05) is 24.9 Å². The Hall–Kier alpha value is -1.36. The quantitative estimate of drug-likeness (QED) is 0.810. The molecule has 2 aromatic rings. The average molecular weight is 226 g/mol. The molecule has 2 heterocycles. The standard InChI is InChI=1S/C9H12ClN5/c1-2-3-4-15-5-12-6-7(10)13-9(11)14-8(6)15/h5H,2-4H2,1H3,(H2,11,13,14). The van der Waals surface area contributed by atoms with Gasteiger partial charge < -0.3 is 10.3 Å². The van der Waals surface area contributed by atoms with Gasteiger partial charge in [0.25, 0.3) is 0 Å². The molecule has 0 fully saturated rings. The molecule has 0 saturated heterocycles. The number of aromatic nitrogens is 4. The van der Waals surface area contributed by atoms with Crippen molar-refractivity contribution in [3.8, 4) is 0 Å². The third kappa shape index (κ3) is 1.87. The molecule has 0 radical (unpaired) electrons. The van der Waals surface area contributed by atoms with E-state index in [4.69, 9.17) is 17.3 Å². The minimum absolute atomic E-state index is 0.186. The molecule has 0 bridgehead atoms. The third-order valence-corrected chi connectivity index (χ3v) is 2.45. The van der Waals surface area contributed by atoms with E-state index in [2.05, 4.69) is 21.9 Å². The fraction of sp³-hybridized carbons (Fsp3) is 0.444. The molecule has 0 atom stereocenters. The second kappa shape index (κ2) is 4.02. The molecule has 0 spiro atoms. The summed E-state index contributed by atoms with van der Waals surface area (Å²) in [4.78, 5) is 12.1. The maximum Gasteiger partial charge on any atom is 0.223 e. The van der Waals surface area contributed by atoms with Crippen molar-refractivity contribution in [2.75, 3.05) is 5.73 Å². The highest BCUT2D eigenvalue weighted by atomic mass is 35.5. The van der Waals surface area contributed by atoms with E-state index in [-0.39, 0.29) is 5.95 Å². The van der Waals surface area contributed by atoms with Crippen LogP contribution in [0, 0.1) is 0 Å². The summed E-state index contributed by atoms with van der Waals surface area (Å²) >= 11 is 5.90. The monoisotopic (exact) mass is 225 g/mol. The van der Waals surface area contributed by atoms with Crippen molar-refractivity contribution < 1.29 is 0 Å². The van der Waals surface area contributed by atoms with Gasteiger partial charge in [0.1, 0.15) is 5.52 Å². The van der Waals surface area contributed by atoms with Crippen LogP contribution in [-0.2, 0) is 6.54 Å². The number of aryl methyl sites for hydroxylation is 1. The Balaban J connectivity index is 2.49. The zero-order valence-electron chi connectivity index (χ0n) is 8.44. The summed E-state index contributed by atoms with van der Waals surface area (Å²) in [5, 5.41) is 0.313. The molecule has 0 aliphatic carbocycles. The van der Waals surface area contributed by atoms with Crippen LogP contribution in [0.5, 0.6) is 0 Å². The van der Waals surface area contributed by atoms with E-state index in [1.54, 1.807) is 6.33 Å². The predicted octanol–water partition coefficient (Wildman–Crippen LogP) is 1.86. The van der Waals surface area contributed by atoms with Gasteiger partial charge in [-0.15, -0.1) is 0 Å². The lowest BCUT2D eigenvalue weighted by atomic mass is 10.3. The first-order valence-corrected chi connectivity index (χ1v) is 5.24. The summed E-state index contributed by atoms with van der Waals surface area (Å²) in [6, 6.07) is 0. The van der Waals surface area contributed by atoms with Crippen molar-refractivity contribution >= 4 is 28.7 Å². The van der Waals surface area contributed by atoms with Crippen LogP contribution in [0.15, 0.2) is 6.33 Å². The van der Waals surface area contributed by atoms with E-state index < -0.39 is 0 Å². The molecular weight excluding hydrogens is 214 g/mol. The lowest BCUT2D eigenvalue weighted by Gasteiger charge is -2.02. The minimum atomic E-state index is 0.186. The molecule has 0 saturated carbocycles. The summed E-state index contributed by atoms with van der Waals surface area (Å²) in [7, 11) is 0.